The van der Waals surface area contributed by atoms with E-state index in [0.29, 0.717) is 41.3 Å². The van der Waals surface area contributed by atoms with Crippen molar-refractivity contribution in [2.24, 2.45) is 17.4 Å². The Morgan fingerprint density at radius 3 is 2.33 bits per heavy atom. The van der Waals surface area contributed by atoms with Gasteiger partial charge in [-0.15, -0.1) is 0 Å². The molecule has 1 atom stereocenters. The highest BCUT2D eigenvalue weighted by molar-refractivity contribution is 5.91. The smallest absolute Gasteiger partial charge is 0.337 e. The van der Waals surface area contributed by atoms with Gasteiger partial charge >= 0.3 is 11.9 Å². The molecule has 2 rings (SSSR count). The highest BCUT2D eigenvalue weighted by Gasteiger charge is 2.25. The van der Waals surface area contributed by atoms with Gasteiger partial charge in [-0.1, -0.05) is 38.3 Å². The minimum Gasteiger partial charge on any atom is -0.465 e. The predicted molar refractivity (Wildman–Crippen MR) is 104 cm³/mol. The van der Waals surface area contributed by atoms with E-state index >= 15 is 0 Å². The molecule has 1 fully saturated rings. The molecule has 1 saturated carbocycles. The third kappa shape index (κ3) is 5.57. The van der Waals surface area contributed by atoms with Crippen molar-refractivity contribution in [2.75, 3.05) is 13.7 Å². The first kappa shape index (κ1) is 21.0. The lowest BCUT2D eigenvalue weighted by Gasteiger charge is -2.23. The first-order chi connectivity index (χ1) is 13.0. The summed E-state index contributed by atoms with van der Waals surface area (Å²) in [6.07, 6.45) is 6.32. The Morgan fingerprint density at radius 1 is 1.15 bits per heavy atom. The predicted octanol–water partition coefficient (Wildman–Crippen LogP) is 3.22. The normalized spacial score (nSPS) is 17.0. The zero-order valence-corrected chi connectivity index (χ0v) is 16.2. The second-order valence-electron chi connectivity index (χ2n) is 6.99. The Kier molecular flexibility index (Phi) is 7.85. The van der Waals surface area contributed by atoms with Gasteiger partial charge in [-0.05, 0) is 42.9 Å². The number of carbonyl (C=O) groups is 2. The molecule has 6 nitrogen and oxygen atoms in total. The van der Waals surface area contributed by atoms with Gasteiger partial charge in [0.15, 0.2) is 0 Å². The molecule has 27 heavy (non-hydrogen) atoms. The van der Waals surface area contributed by atoms with Crippen LogP contribution in [0.1, 0.15) is 67.4 Å². The molecule has 0 aromatic heterocycles. The van der Waals surface area contributed by atoms with Crippen molar-refractivity contribution in [1.82, 2.24) is 0 Å². The van der Waals surface area contributed by atoms with E-state index in [-0.39, 0.29) is 0 Å². The Labute approximate surface area is 160 Å². The van der Waals surface area contributed by atoms with Crippen LogP contribution in [-0.2, 0) is 14.3 Å². The van der Waals surface area contributed by atoms with Crippen molar-refractivity contribution in [3.63, 3.8) is 0 Å². The van der Waals surface area contributed by atoms with E-state index in [1.807, 2.05) is 6.92 Å². The SMILES string of the molecule is CC/C(N)=C(\C(=O)OCC1CCCCC1)C(N)c1ccc(C(=O)OC)cc1. The molecule has 0 amide bonds. The Morgan fingerprint density at radius 2 is 1.78 bits per heavy atom. The van der Waals surface area contributed by atoms with E-state index in [9.17, 15) is 9.59 Å². The summed E-state index contributed by atoms with van der Waals surface area (Å²) in [4.78, 5) is 24.3. The molecule has 1 aromatic carbocycles. The molecule has 0 radical (unpaired) electrons. The van der Waals surface area contributed by atoms with Crippen molar-refractivity contribution in [3.05, 3.63) is 46.7 Å². The fraction of sp³-hybridized carbons (Fsp3) is 0.524. The molecular weight excluding hydrogens is 344 g/mol. The van der Waals surface area contributed by atoms with Crippen LogP contribution in [0, 0.1) is 5.92 Å². The molecule has 0 heterocycles. The van der Waals surface area contributed by atoms with Crippen molar-refractivity contribution in [3.8, 4) is 0 Å². The standard InChI is InChI=1S/C21H30N2O4/c1-3-17(22)18(21(25)27-13-14-7-5-4-6-8-14)19(23)15-9-11-16(12-10-15)20(24)26-2/h9-12,14,19H,3-8,13,22-23H2,1-2H3/b18-17+. The molecule has 1 aliphatic rings. The second-order valence-corrected chi connectivity index (χ2v) is 6.99. The van der Waals surface area contributed by atoms with Crippen LogP contribution < -0.4 is 11.5 Å². The first-order valence-electron chi connectivity index (χ1n) is 9.57. The zero-order valence-electron chi connectivity index (χ0n) is 16.2. The van der Waals surface area contributed by atoms with Crippen LogP contribution >= 0.6 is 0 Å². The molecule has 4 N–H and O–H groups in total. The van der Waals surface area contributed by atoms with Crippen LogP contribution in [-0.4, -0.2) is 25.7 Å². The third-order valence-corrected chi connectivity index (χ3v) is 5.12. The summed E-state index contributed by atoms with van der Waals surface area (Å²) >= 11 is 0. The maximum absolute atomic E-state index is 12.7. The number of nitrogens with two attached hydrogens (primary N) is 2. The molecule has 1 aromatic rings. The highest BCUT2D eigenvalue weighted by atomic mass is 16.5. The molecule has 0 bridgehead atoms. The van der Waals surface area contributed by atoms with Crippen LogP contribution in [0.4, 0.5) is 0 Å². The van der Waals surface area contributed by atoms with Gasteiger partial charge in [-0.2, -0.15) is 0 Å². The maximum atomic E-state index is 12.7. The molecule has 148 valence electrons. The number of allylic oxidation sites excluding steroid dienone is 1. The van der Waals surface area contributed by atoms with Crippen LogP contribution in [0.2, 0.25) is 0 Å². The Hall–Kier alpha value is -2.34. The molecule has 1 unspecified atom stereocenters. The lowest BCUT2D eigenvalue weighted by Crippen LogP contribution is -2.27. The number of benzene rings is 1. The quantitative estimate of drug-likeness (QED) is 0.561. The van der Waals surface area contributed by atoms with Crippen LogP contribution in [0.5, 0.6) is 0 Å². The fourth-order valence-electron chi connectivity index (χ4n) is 3.38. The van der Waals surface area contributed by atoms with Gasteiger partial charge < -0.3 is 20.9 Å². The molecule has 0 aliphatic heterocycles. The van der Waals surface area contributed by atoms with Crippen molar-refractivity contribution < 1.29 is 19.1 Å². The van der Waals surface area contributed by atoms with Gasteiger partial charge in [0.2, 0.25) is 0 Å². The van der Waals surface area contributed by atoms with E-state index in [4.69, 9.17) is 20.9 Å². The van der Waals surface area contributed by atoms with Gasteiger partial charge in [-0.3, -0.25) is 0 Å². The average Bonchev–Trinajstić information content (AvgIpc) is 2.72. The second kappa shape index (κ2) is 10.1. The summed E-state index contributed by atoms with van der Waals surface area (Å²) in [5.74, 6) is -0.460. The number of hydrogen-bond acceptors (Lipinski definition) is 6. The van der Waals surface area contributed by atoms with Gasteiger partial charge in [-0.25, -0.2) is 9.59 Å². The van der Waals surface area contributed by atoms with Crippen LogP contribution in [0.25, 0.3) is 0 Å². The maximum Gasteiger partial charge on any atom is 0.337 e. The average molecular weight is 374 g/mol. The topological polar surface area (TPSA) is 105 Å². The number of rotatable bonds is 7. The summed E-state index contributed by atoms with van der Waals surface area (Å²) in [6, 6.07) is 5.93. The Balaban J connectivity index is 2.12. The zero-order chi connectivity index (χ0) is 19.8. The monoisotopic (exact) mass is 374 g/mol. The summed E-state index contributed by atoms with van der Waals surface area (Å²) in [6.45, 7) is 2.28. The van der Waals surface area contributed by atoms with Crippen molar-refractivity contribution >= 4 is 11.9 Å². The summed E-state index contributed by atoms with van der Waals surface area (Å²) in [5.41, 5.74) is 14.2. The van der Waals surface area contributed by atoms with Gasteiger partial charge in [0, 0.05) is 5.70 Å². The first-order valence-corrected chi connectivity index (χ1v) is 9.57. The minimum atomic E-state index is -0.712. The number of ether oxygens (including phenoxy) is 2. The van der Waals surface area contributed by atoms with E-state index < -0.39 is 18.0 Å². The molecule has 0 spiro atoms. The van der Waals surface area contributed by atoms with Gasteiger partial charge in [0.25, 0.3) is 0 Å². The molecule has 6 heteroatoms. The third-order valence-electron chi connectivity index (χ3n) is 5.12. The number of methoxy groups -OCH3 is 1. The highest BCUT2D eigenvalue weighted by Crippen LogP contribution is 2.26. The van der Waals surface area contributed by atoms with Gasteiger partial charge in [0.1, 0.15) is 0 Å². The number of carbonyl (C=O) groups excluding carboxylic acids is 2. The fourth-order valence-corrected chi connectivity index (χ4v) is 3.38. The van der Waals surface area contributed by atoms with Gasteiger partial charge in [0.05, 0.1) is 30.9 Å². The molecule has 1 aliphatic carbocycles. The van der Waals surface area contributed by atoms with E-state index in [2.05, 4.69) is 0 Å². The van der Waals surface area contributed by atoms with E-state index in [1.54, 1.807) is 24.3 Å². The number of hydrogen-bond donors (Lipinski definition) is 2. The minimum absolute atomic E-state index is 0.291. The van der Waals surface area contributed by atoms with Crippen molar-refractivity contribution in [1.29, 1.82) is 0 Å². The van der Waals surface area contributed by atoms with Crippen molar-refractivity contribution in [2.45, 2.75) is 51.5 Å². The summed E-state index contributed by atoms with van der Waals surface area (Å²) in [5, 5.41) is 0. The van der Waals surface area contributed by atoms with E-state index in [1.165, 1.54) is 26.4 Å². The lowest BCUT2D eigenvalue weighted by atomic mass is 9.90. The molecule has 0 saturated heterocycles. The largest absolute Gasteiger partial charge is 0.465 e. The lowest BCUT2D eigenvalue weighted by molar-refractivity contribution is -0.141. The van der Waals surface area contributed by atoms with Crippen LogP contribution in [0.15, 0.2) is 35.5 Å². The Bertz CT molecular complexity index is 676. The summed E-state index contributed by atoms with van der Waals surface area (Å²) < 4.78 is 10.3. The van der Waals surface area contributed by atoms with Crippen LogP contribution in [0.3, 0.4) is 0 Å². The summed E-state index contributed by atoms with van der Waals surface area (Å²) in [7, 11) is 1.33. The number of esters is 2. The van der Waals surface area contributed by atoms with E-state index in [0.717, 1.165) is 12.8 Å². The molecular formula is C21H30N2O4.